The third-order valence-corrected chi connectivity index (χ3v) is 3.87. The van der Waals surface area contributed by atoms with Crippen LogP contribution in [0.2, 0.25) is 0 Å². The highest BCUT2D eigenvalue weighted by atomic mass is 79.9. The maximum absolute atomic E-state index is 11.9. The zero-order chi connectivity index (χ0) is 14.3. The number of hydrogen-bond donors (Lipinski definition) is 1. The second-order valence-electron chi connectivity index (χ2n) is 5.01. The van der Waals surface area contributed by atoms with Gasteiger partial charge in [-0.1, -0.05) is 28.1 Å². The molecule has 1 aromatic rings. The van der Waals surface area contributed by atoms with Gasteiger partial charge < -0.3 is 10.2 Å². The van der Waals surface area contributed by atoms with Crippen LogP contribution in [0.1, 0.15) is 36.2 Å². The monoisotopic (exact) mass is 326 g/mol. The molecule has 0 aromatic heterocycles. The van der Waals surface area contributed by atoms with Gasteiger partial charge in [0.25, 0.3) is 5.91 Å². The lowest BCUT2D eigenvalue weighted by molar-refractivity contribution is 0.0951. The average Bonchev–Trinajstić information content (AvgIpc) is 2.43. The number of rotatable bonds is 7. The zero-order valence-electron chi connectivity index (χ0n) is 11.9. The van der Waals surface area contributed by atoms with Gasteiger partial charge in [-0.3, -0.25) is 4.79 Å². The van der Waals surface area contributed by atoms with Gasteiger partial charge in [-0.15, -0.1) is 0 Å². The number of amides is 1. The van der Waals surface area contributed by atoms with Gasteiger partial charge in [-0.05, 0) is 51.6 Å². The molecule has 0 atom stereocenters. The van der Waals surface area contributed by atoms with E-state index in [0.717, 1.165) is 30.4 Å². The van der Waals surface area contributed by atoms with Crippen molar-refractivity contribution < 1.29 is 4.79 Å². The average molecular weight is 327 g/mol. The van der Waals surface area contributed by atoms with Crippen molar-refractivity contribution in [3.05, 3.63) is 35.4 Å². The largest absolute Gasteiger partial charge is 0.352 e. The lowest BCUT2D eigenvalue weighted by Crippen LogP contribution is -2.31. The molecule has 0 bridgehead atoms. The fourth-order valence-corrected chi connectivity index (χ4v) is 2.01. The molecule has 0 heterocycles. The molecule has 1 amide bonds. The van der Waals surface area contributed by atoms with Crippen molar-refractivity contribution in [3.63, 3.8) is 0 Å². The topological polar surface area (TPSA) is 32.3 Å². The van der Waals surface area contributed by atoms with Crippen LogP contribution >= 0.6 is 15.9 Å². The summed E-state index contributed by atoms with van der Waals surface area (Å²) in [7, 11) is 2.10. The molecule has 0 fully saturated rings. The van der Waals surface area contributed by atoms with E-state index in [4.69, 9.17) is 0 Å². The highest BCUT2D eigenvalue weighted by Crippen LogP contribution is 2.07. The Hall–Kier alpha value is -0.870. The van der Waals surface area contributed by atoms with Crippen molar-refractivity contribution in [1.82, 2.24) is 10.2 Å². The quantitative estimate of drug-likeness (QED) is 0.617. The van der Waals surface area contributed by atoms with Crippen LogP contribution in [0.5, 0.6) is 0 Å². The molecule has 19 heavy (non-hydrogen) atoms. The van der Waals surface area contributed by atoms with E-state index in [1.807, 2.05) is 24.3 Å². The van der Waals surface area contributed by atoms with Gasteiger partial charge in [0.1, 0.15) is 0 Å². The van der Waals surface area contributed by atoms with Gasteiger partial charge >= 0.3 is 0 Å². The molecule has 0 aliphatic carbocycles. The lowest BCUT2D eigenvalue weighted by Gasteiger charge is -2.20. The molecule has 1 rings (SSSR count). The predicted octanol–water partition coefficient (Wildman–Crippen LogP) is 3.04. The first-order valence-electron chi connectivity index (χ1n) is 6.68. The smallest absolute Gasteiger partial charge is 0.251 e. The summed E-state index contributed by atoms with van der Waals surface area (Å²) in [6.45, 7) is 6.06. The molecule has 0 unspecified atom stereocenters. The Morgan fingerprint density at radius 2 is 1.95 bits per heavy atom. The molecule has 0 saturated carbocycles. The van der Waals surface area contributed by atoms with E-state index in [-0.39, 0.29) is 5.91 Å². The summed E-state index contributed by atoms with van der Waals surface area (Å²) >= 11 is 3.39. The SMILES string of the molecule is CC(C)N(C)CCCNC(=O)c1ccc(CBr)cc1. The number of carbonyl (C=O) groups excluding carboxylic acids is 1. The molecule has 0 radical (unpaired) electrons. The summed E-state index contributed by atoms with van der Waals surface area (Å²) in [5, 5.41) is 3.77. The van der Waals surface area contributed by atoms with E-state index in [2.05, 4.69) is 47.0 Å². The molecule has 0 spiro atoms. The zero-order valence-corrected chi connectivity index (χ0v) is 13.5. The van der Waals surface area contributed by atoms with Crippen LogP contribution in [0.25, 0.3) is 0 Å². The summed E-state index contributed by atoms with van der Waals surface area (Å²) in [4.78, 5) is 14.2. The minimum atomic E-state index is 0.00771. The van der Waals surface area contributed by atoms with Crippen LogP contribution in [0, 0.1) is 0 Å². The molecule has 0 aliphatic rings. The van der Waals surface area contributed by atoms with Crippen LogP contribution in [0.4, 0.5) is 0 Å². The number of halogens is 1. The first kappa shape index (κ1) is 16.2. The Morgan fingerprint density at radius 1 is 1.32 bits per heavy atom. The summed E-state index contributed by atoms with van der Waals surface area (Å²) < 4.78 is 0. The van der Waals surface area contributed by atoms with E-state index in [0.29, 0.717) is 6.04 Å². The Morgan fingerprint density at radius 3 is 2.47 bits per heavy atom. The van der Waals surface area contributed by atoms with Gasteiger partial charge in [-0.25, -0.2) is 0 Å². The Balaban J connectivity index is 2.31. The molecule has 1 aromatic carbocycles. The highest BCUT2D eigenvalue weighted by molar-refractivity contribution is 9.08. The van der Waals surface area contributed by atoms with Crippen molar-refractivity contribution in [3.8, 4) is 0 Å². The van der Waals surface area contributed by atoms with Crippen LogP contribution in [0.3, 0.4) is 0 Å². The van der Waals surface area contributed by atoms with Crippen molar-refractivity contribution in [2.24, 2.45) is 0 Å². The van der Waals surface area contributed by atoms with Gasteiger partial charge in [0.15, 0.2) is 0 Å². The van der Waals surface area contributed by atoms with E-state index >= 15 is 0 Å². The number of benzene rings is 1. The molecular formula is C15H23BrN2O. The third kappa shape index (κ3) is 5.74. The normalized spacial score (nSPS) is 11.1. The van der Waals surface area contributed by atoms with Gasteiger partial charge in [0.05, 0.1) is 0 Å². The second-order valence-corrected chi connectivity index (χ2v) is 5.58. The molecule has 0 aliphatic heterocycles. The van der Waals surface area contributed by atoms with Gasteiger partial charge in [-0.2, -0.15) is 0 Å². The second kappa shape index (κ2) is 8.33. The van der Waals surface area contributed by atoms with E-state index in [9.17, 15) is 4.79 Å². The summed E-state index contributed by atoms with van der Waals surface area (Å²) in [6.07, 6.45) is 0.972. The minimum Gasteiger partial charge on any atom is -0.352 e. The Kier molecular flexibility index (Phi) is 7.10. The minimum absolute atomic E-state index is 0.00771. The summed E-state index contributed by atoms with van der Waals surface area (Å²) in [5.41, 5.74) is 1.90. The molecular weight excluding hydrogens is 304 g/mol. The Bertz CT molecular complexity index is 390. The van der Waals surface area contributed by atoms with Crippen LogP contribution < -0.4 is 5.32 Å². The molecule has 0 saturated heterocycles. The number of nitrogens with one attached hydrogen (secondary N) is 1. The van der Waals surface area contributed by atoms with Crippen molar-refractivity contribution in [2.75, 3.05) is 20.1 Å². The van der Waals surface area contributed by atoms with Crippen molar-refractivity contribution in [2.45, 2.75) is 31.6 Å². The summed E-state index contributed by atoms with van der Waals surface area (Å²) in [6, 6.07) is 8.22. The molecule has 4 heteroatoms. The molecule has 3 nitrogen and oxygen atoms in total. The first-order chi connectivity index (χ1) is 9.04. The van der Waals surface area contributed by atoms with Crippen LogP contribution in [-0.4, -0.2) is 37.0 Å². The van der Waals surface area contributed by atoms with Crippen LogP contribution in [0.15, 0.2) is 24.3 Å². The van der Waals surface area contributed by atoms with E-state index in [1.165, 1.54) is 5.56 Å². The number of nitrogens with zero attached hydrogens (tertiary/aromatic N) is 1. The lowest BCUT2D eigenvalue weighted by atomic mass is 10.1. The van der Waals surface area contributed by atoms with Crippen molar-refractivity contribution in [1.29, 1.82) is 0 Å². The predicted molar refractivity (Wildman–Crippen MR) is 83.8 cm³/mol. The summed E-state index contributed by atoms with van der Waals surface area (Å²) in [5.74, 6) is 0.00771. The standard InChI is InChI=1S/C15H23BrN2O/c1-12(2)18(3)10-4-9-17-15(19)14-7-5-13(11-16)6-8-14/h5-8,12H,4,9-11H2,1-3H3,(H,17,19). The maximum Gasteiger partial charge on any atom is 0.251 e. The third-order valence-electron chi connectivity index (χ3n) is 3.23. The van der Waals surface area contributed by atoms with Gasteiger partial charge in [0.2, 0.25) is 0 Å². The fraction of sp³-hybridized carbons (Fsp3) is 0.533. The van der Waals surface area contributed by atoms with E-state index < -0.39 is 0 Å². The van der Waals surface area contributed by atoms with E-state index in [1.54, 1.807) is 0 Å². The highest BCUT2D eigenvalue weighted by Gasteiger charge is 2.06. The Labute approximate surface area is 124 Å². The van der Waals surface area contributed by atoms with Crippen LogP contribution in [-0.2, 0) is 5.33 Å². The van der Waals surface area contributed by atoms with Gasteiger partial charge in [0, 0.05) is 23.5 Å². The molecule has 106 valence electrons. The number of alkyl halides is 1. The number of hydrogen-bond acceptors (Lipinski definition) is 2. The van der Waals surface area contributed by atoms with Crippen molar-refractivity contribution >= 4 is 21.8 Å². The molecule has 1 N–H and O–H groups in total. The first-order valence-corrected chi connectivity index (χ1v) is 7.80. The number of carbonyl (C=O) groups is 1. The fourth-order valence-electron chi connectivity index (χ4n) is 1.64. The maximum atomic E-state index is 11.9.